The Morgan fingerprint density at radius 2 is 2.04 bits per heavy atom. The molecule has 23 heavy (non-hydrogen) atoms. The molecule has 2 saturated carbocycles. The van der Waals surface area contributed by atoms with Gasteiger partial charge >= 0.3 is 0 Å². The summed E-state index contributed by atoms with van der Waals surface area (Å²) in [5.74, 6) is -0.545. The minimum absolute atomic E-state index is 0.0691. The molecule has 3 rings (SSSR count). The number of likely N-dealkylation sites (N-methyl/N-ethyl adjacent to an activating group) is 1. The maximum absolute atomic E-state index is 12.6. The van der Waals surface area contributed by atoms with Crippen LogP contribution in [0.3, 0.4) is 0 Å². The summed E-state index contributed by atoms with van der Waals surface area (Å²) in [4.78, 5) is 14.8. The van der Waals surface area contributed by atoms with Gasteiger partial charge in [0.25, 0.3) is 5.91 Å². The third-order valence-electron chi connectivity index (χ3n) is 5.21. The molecule has 1 amide bonds. The van der Waals surface area contributed by atoms with Gasteiger partial charge in [0.1, 0.15) is 5.54 Å². The monoisotopic (exact) mass is 339 g/mol. The predicted octanol–water partition coefficient (Wildman–Crippen LogP) is 0.737. The van der Waals surface area contributed by atoms with E-state index in [-0.39, 0.29) is 12.0 Å². The lowest BCUT2D eigenvalue weighted by atomic mass is 10.1. The highest BCUT2D eigenvalue weighted by molar-refractivity contribution is 7.90. The Morgan fingerprint density at radius 3 is 2.52 bits per heavy atom. The van der Waals surface area contributed by atoms with Crippen molar-refractivity contribution in [3.05, 3.63) is 24.9 Å². The minimum atomic E-state index is -3.54. The van der Waals surface area contributed by atoms with E-state index in [0.717, 1.165) is 25.1 Å². The van der Waals surface area contributed by atoms with E-state index >= 15 is 0 Å². The van der Waals surface area contributed by atoms with E-state index in [1.165, 1.54) is 0 Å². The van der Waals surface area contributed by atoms with Crippen LogP contribution in [0.1, 0.15) is 32.1 Å². The molecule has 0 aromatic carbocycles. The normalized spacial score (nSPS) is 34.0. The summed E-state index contributed by atoms with van der Waals surface area (Å²) in [6.45, 7) is 8.85. The first-order valence-corrected chi connectivity index (χ1v) is 9.70. The zero-order valence-electron chi connectivity index (χ0n) is 13.5. The maximum atomic E-state index is 12.6. The van der Waals surface area contributed by atoms with E-state index in [4.69, 9.17) is 0 Å². The van der Waals surface area contributed by atoms with Crippen LogP contribution in [-0.4, -0.2) is 49.6 Å². The second kappa shape index (κ2) is 5.63. The second-order valence-corrected chi connectivity index (χ2v) is 8.94. The van der Waals surface area contributed by atoms with Gasteiger partial charge in [-0.2, -0.15) is 0 Å². The highest BCUT2D eigenvalue weighted by Gasteiger charge is 2.60. The Hall–Kier alpha value is -1.34. The first-order valence-electron chi connectivity index (χ1n) is 8.16. The van der Waals surface area contributed by atoms with Crippen LogP contribution in [0.25, 0.3) is 0 Å². The SMILES string of the molecule is C=CC1CC1(NC(=C)[C@@H]1CCCN1C)C(=O)NS(=O)(=O)C1CC1. The van der Waals surface area contributed by atoms with Gasteiger partial charge in [0.15, 0.2) is 0 Å². The second-order valence-electron chi connectivity index (χ2n) is 6.98. The Kier molecular flexibility index (Phi) is 4.04. The first-order chi connectivity index (χ1) is 10.8. The van der Waals surface area contributed by atoms with E-state index in [0.29, 0.717) is 19.3 Å². The fourth-order valence-electron chi connectivity index (χ4n) is 3.44. The third-order valence-corrected chi connectivity index (χ3v) is 7.03. The number of amides is 1. The number of carbonyl (C=O) groups is 1. The van der Waals surface area contributed by atoms with Crippen molar-refractivity contribution < 1.29 is 13.2 Å². The van der Waals surface area contributed by atoms with Gasteiger partial charge in [-0.15, -0.1) is 6.58 Å². The molecule has 3 aliphatic rings. The van der Waals surface area contributed by atoms with Crippen LogP contribution in [0.2, 0.25) is 0 Å². The van der Waals surface area contributed by atoms with Gasteiger partial charge in [0.2, 0.25) is 10.0 Å². The zero-order chi connectivity index (χ0) is 16.8. The molecule has 1 aliphatic heterocycles. The van der Waals surface area contributed by atoms with Crippen LogP contribution in [0.4, 0.5) is 0 Å². The summed E-state index contributed by atoms with van der Waals surface area (Å²) >= 11 is 0. The number of hydrogen-bond acceptors (Lipinski definition) is 5. The lowest BCUT2D eigenvalue weighted by molar-refractivity contribution is -0.122. The van der Waals surface area contributed by atoms with Crippen LogP contribution < -0.4 is 10.0 Å². The minimum Gasteiger partial charge on any atom is -0.373 e. The predicted molar refractivity (Wildman–Crippen MR) is 89.0 cm³/mol. The van der Waals surface area contributed by atoms with Gasteiger partial charge in [0, 0.05) is 17.7 Å². The maximum Gasteiger partial charge on any atom is 0.259 e. The quantitative estimate of drug-likeness (QED) is 0.669. The summed E-state index contributed by atoms with van der Waals surface area (Å²) in [5, 5.41) is 2.83. The molecule has 2 N–H and O–H groups in total. The van der Waals surface area contributed by atoms with Crippen molar-refractivity contribution in [2.45, 2.75) is 48.9 Å². The zero-order valence-corrected chi connectivity index (χ0v) is 14.4. The molecule has 0 aromatic rings. The number of sulfonamides is 1. The molecule has 6 nitrogen and oxygen atoms in total. The first kappa shape index (κ1) is 16.5. The molecule has 2 aliphatic carbocycles. The molecule has 0 bridgehead atoms. The molecule has 3 atom stereocenters. The lowest BCUT2D eigenvalue weighted by Crippen LogP contribution is -2.51. The molecule has 2 unspecified atom stereocenters. The Morgan fingerprint density at radius 1 is 1.35 bits per heavy atom. The summed E-state index contributed by atoms with van der Waals surface area (Å²) < 4.78 is 26.4. The fourth-order valence-corrected chi connectivity index (χ4v) is 4.80. The third kappa shape index (κ3) is 3.04. The molecule has 1 saturated heterocycles. The van der Waals surface area contributed by atoms with Crippen molar-refractivity contribution in [3.8, 4) is 0 Å². The Balaban J connectivity index is 1.71. The number of nitrogens with zero attached hydrogens (tertiary/aromatic N) is 1. The molecule has 128 valence electrons. The molecule has 0 radical (unpaired) electrons. The molecular formula is C16H25N3O3S. The van der Waals surface area contributed by atoms with E-state index in [1.54, 1.807) is 6.08 Å². The summed E-state index contributed by atoms with van der Waals surface area (Å²) in [6, 6.07) is 0.186. The number of hydrogen-bond donors (Lipinski definition) is 2. The molecular weight excluding hydrogens is 314 g/mol. The van der Waals surface area contributed by atoms with Gasteiger partial charge in [-0.3, -0.25) is 14.4 Å². The topological polar surface area (TPSA) is 78.5 Å². The van der Waals surface area contributed by atoms with Crippen molar-refractivity contribution in [3.63, 3.8) is 0 Å². The van der Waals surface area contributed by atoms with Crippen LogP contribution in [0.15, 0.2) is 24.9 Å². The molecule has 3 fully saturated rings. The number of likely N-dealkylation sites (tertiary alicyclic amines) is 1. The van der Waals surface area contributed by atoms with Crippen molar-refractivity contribution in [2.75, 3.05) is 13.6 Å². The van der Waals surface area contributed by atoms with Crippen LogP contribution in [0.5, 0.6) is 0 Å². The van der Waals surface area contributed by atoms with Gasteiger partial charge in [-0.1, -0.05) is 12.7 Å². The highest BCUT2D eigenvalue weighted by Crippen LogP contribution is 2.46. The van der Waals surface area contributed by atoms with Gasteiger partial charge in [-0.05, 0) is 45.7 Å². The average Bonchev–Trinajstić information content (AvgIpc) is 3.37. The van der Waals surface area contributed by atoms with E-state index in [9.17, 15) is 13.2 Å². The summed E-state index contributed by atoms with van der Waals surface area (Å²) in [7, 11) is -1.51. The van der Waals surface area contributed by atoms with Crippen LogP contribution in [-0.2, 0) is 14.8 Å². The van der Waals surface area contributed by atoms with Gasteiger partial charge < -0.3 is 5.32 Å². The molecule has 0 aromatic heterocycles. The largest absolute Gasteiger partial charge is 0.373 e. The van der Waals surface area contributed by atoms with E-state index < -0.39 is 26.7 Å². The number of nitrogens with one attached hydrogen (secondary N) is 2. The van der Waals surface area contributed by atoms with Crippen molar-refractivity contribution in [1.29, 1.82) is 0 Å². The van der Waals surface area contributed by atoms with Crippen molar-refractivity contribution >= 4 is 15.9 Å². The van der Waals surface area contributed by atoms with E-state index in [1.807, 2.05) is 7.05 Å². The Bertz CT molecular complexity index is 641. The molecule has 7 heteroatoms. The number of carbonyl (C=O) groups excluding carboxylic acids is 1. The smallest absolute Gasteiger partial charge is 0.259 e. The molecule has 1 heterocycles. The van der Waals surface area contributed by atoms with Crippen molar-refractivity contribution in [1.82, 2.24) is 14.9 Å². The van der Waals surface area contributed by atoms with Gasteiger partial charge in [-0.25, -0.2) is 8.42 Å². The van der Waals surface area contributed by atoms with Crippen molar-refractivity contribution in [2.24, 2.45) is 5.92 Å². The summed E-state index contributed by atoms with van der Waals surface area (Å²) in [5.41, 5.74) is -0.127. The fraction of sp³-hybridized carbons (Fsp3) is 0.688. The highest BCUT2D eigenvalue weighted by atomic mass is 32.2. The van der Waals surface area contributed by atoms with E-state index in [2.05, 4.69) is 28.1 Å². The summed E-state index contributed by atoms with van der Waals surface area (Å²) in [6.07, 6.45) is 5.63. The number of rotatable bonds is 7. The lowest BCUT2D eigenvalue weighted by Gasteiger charge is -2.27. The van der Waals surface area contributed by atoms with Crippen LogP contribution >= 0.6 is 0 Å². The molecule has 0 spiro atoms. The standard InChI is InChI=1S/C16H25N3O3S/c1-4-12-10-16(12,15(20)18-23(21,22)13-7-8-13)17-11(2)14-6-5-9-19(14)3/h4,12-14,17H,1-2,5-10H2,3H3,(H,18,20)/t12?,14-,16?/m0/s1. The van der Waals surface area contributed by atoms with Gasteiger partial charge in [0.05, 0.1) is 5.25 Å². The van der Waals surface area contributed by atoms with Crippen LogP contribution in [0, 0.1) is 5.92 Å². The average molecular weight is 339 g/mol. The Labute approximate surface area is 138 Å².